The van der Waals surface area contributed by atoms with E-state index in [0.29, 0.717) is 6.04 Å². The lowest BCUT2D eigenvalue weighted by molar-refractivity contribution is 0.499. The van der Waals surface area contributed by atoms with Crippen molar-refractivity contribution in [1.29, 1.82) is 0 Å². The summed E-state index contributed by atoms with van der Waals surface area (Å²) >= 11 is 1.75. The number of nitrogens with two attached hydrogens (primary N) is 1. The number of thiophene rings is 1. The molecule has 1 aliphatic rings. The van der Waals surface area contributed by atoms with Crippen molar-refractivity contribution < 1.29 is 0 Å². The number of rotatable bonds is 2. The van der Waals surface area contributed by atoms with Gasteiger partial charge in [-0.2, -0.15) is 0 Å². The van der Waals surface area contributed by atoms with E-state index in [4.69, 9.17) is 5.73 Å². The molecule has 5 heteroatoms. The van der Waals surface area contributed by atoms with Crippen LogP contribution in [0.1, 0.15) is 18.4 Å². The van der Waals surface area contributed by atoms with Crippen LogP contribution in [0.5, 0.6) is 0 Å². The summed E-state index contributed by atoms with van der Waals surface area (Å²) in [7, 11) is 0. The Labute approximate surface area is 140 Å². The van der Waals surface area contributed by atoms with Crippen molar-refractivity contribution in [3.63, 3.8) is 0 Å². The van der Waals surface area contributed by atoms with Crippen molar-refractivity contribution in [2.45, 2.75) is 25.8 Å². The summed E-state index contributed by atoms with van der Waals surface area (Å²) in [4.78, 5) is 13.8. The molecule has 3 heterocycles. The summed E-state index contributed by atoms with van der Waals surface area (Å²) in [6.45, 7) is 4.14. The number of anilines is 1. The molecule has 0 amide bonds. The minimum absolute atomic E-state index is 0.326. The maximum atomic E-state index is 6.04. The molecule has 0 bridgehead atoms. The highest BCUT2D eigenvalue weighted by molar-refractivity contribution is 7.22. The second-order valence-corrected chi connectivity index (χ2v) is 7.12. The Morgan fingerprint density at radius 2 is 1.87 bits per heavy atom. The largest absolute Gasteiger partial charge is 0.356 e. The Hall–Kier alpha value is -1.98. The van der Waals surface area contributed by atoms with Gasteiger partial charge in [0, 0.05) is 24.0 Å². The normalized spacial score (nSPS) is 16.2. The van der Waals surface area contributed by atoms with E-state index in [2.05, 4.69) is 46.1 Å². The van der Waals surface area contributed by atoms with Gasteiger partial charge >= 0.3 is 0 Å². The summed E-state index contributed by atoms with van der Waals surface area (Å²) in [5.41, 5.74) is 8.57. The highest BCUT2D eigenvalue weighted by Gasteiger charge is 2.22. The fraction of sp³-hybridized carbons (Fsp3) is 0.333. The monoisotopic (exact) mass is 324 g/mol. The summed E-state index contributed by atoms with van der Waals surface area (Å²) < 4.78 is 0. The van der Waals surface area contributed by atoms with Crippen molar-refractivity contribution in [2.75, 3.05) is 18.0 Å². The smallest absolute Gasteiger partial charge is 0.141 e. The molecular formula is C18H20N4S. The molecule has 23 heavy (non-hydrogen) atoms. The minimum atomic E-state index is 0.326. The Balaban J connectivity index is 1.82. The molecule has 1 aliphatic heterocycles. The number of aryl methyl sites for hydroxylation is 1. The minimum Gasteiger partial charge on any atom is -0.356 e. The van der Waals surface area contributed by atoms with Crippen molar-refractivity contribution in [2.24, 2.45) is 5.73 Å². The molecule has 1 fully saturated rings. The third kappa shape index (κ3) is 2.60. The standard InChI is InChI=1S/C18H20N4S/c1-12-15-17(22-9-7-14(19)8-10-22)20-11-21-18(15)23-16(12)13-5-3-2-4-6-13/h2-6,11,14H,7-10,19H2,1H3. The van der Waals surface area contributed by atoms with E-state index in [1.54, 1.807) is 17.7 Å². The summed E-state index contributed by atoms with van der Waals surface area (Å²) in [6, 6.07) is 10.9. The predicted molar refractivity (Wildman–Crippen MR) is 97.0 cm³/mol. The average molecular weight is 324 g/mol. The van der Waals surface area contributed by atoms with Gasteiger partial charge in [0.05, 0.1) is 5.39 Å². The number of hydrogen-bond donors (Lipinski definition) is 1. The first-order valence-electron chi connectivity index (χ1n) is 8.04. The Bertz CT molecular complexity index is 820. The van der Waals surface area contributed by atoms with Crippen molar-refractivity contribution in [3.8, 4) is 10.4 Å². The fourth-order valence-corrected chi connectivity index (χ4v) is 4.42. The molecule has 4 nitrogen and oxygen atoms in total. The maximum absolute atomic E-state index is 6.04. The van der Waals surface area contributed by atoms with Gasteiger partial charge in [-0.1, -0.05) is 30.3 Å². The van der Waals surface area contributed by atoms with E-state index in [1.165, 1.54) is 21.4 Å². The van der Waals surface area contributed by atoms with Gasteiger partial charge in [0.25, 0.3) is 0 Å². The summed E-state index contributed by atoms with van der Waals surface area (Å²) in [5.74, 6) is 1.07. The van der Waals surface area contributed by atoms with Crippen LogP contribution >= 0.6 is 11.3 Å². The van der Waals surface area contributed by atoms with Crippen LogP contribution in [0.3, 0.4) is 0 Å². The molecule has 0 radical (unpaired) electrons. The van der Waals surface area contributed by atoms with Crippen LogP contribution < -0.4 is 10.6 Å². The van der Waals surface area contributed by atoms with Crippen LogP contribution in [0.2, 0.25) is 0 Å². The number of piperidine rings is 1. The number of hydrogen-bond acceptors (Lipinski definition) is 5. The van der Waals surface area contributed by atoms with Gasteiger partial charge in [-0.15, -0.1) is 11.3 Å². The molecule has 0 saturated carbocycles. The lowest BCUT2D eigenvalue weighted by Crippen LogP contribution is -2.40. The molecule has 1 aromatic carbocycles. The summed E-state index contributed by atoms with van der Waals surface area (Å²) in [5, 5.41) is 1.20. The molecule has 118 valence electrons. The highest BCUT2D eigenvalue weighted by atomic mass is 32.1. The van der Waals surface area contributed by atoms with Crippen LogP contribution in [0.25, 0.3) is 20.7 Å². The molecule has 3 aromatic rings. The average Bonchev–Trinajstić information content (AvgIpc) is 2.94. The van der Waals surface area contributed by atoms with Crippen molar-refractivity contribution >= 4 is 27.4 Å². The number of benzene rings is 1. The van der Waals surface area contributed by atoms with Crippen molar-refractivity contribution in [1.82, 2.24) is 9.97 Å². The van der Waals surface area contributed by atoms with Crippen LogP contribution in [-0.2, 0) is 0 Å². The van der Waals surface area contributed by atoms with Gasteiger partial charge in [0.2, 0.25) is 0 Å². The van der Waals surface area contributed by atoms with Crippen LogP contribution in [0, 0.1) is 6.92 Å². The molecule has 0 spiro atoms. The quantitative estimate of drug-likeness (QED) is 0.782. The molecule has 0 unspecified atom stereocenters. The first-order valence-corrected chi connectivity index (χ1v) is 8.85. The first kappa shape index (κ1) is 14.6. The summed E-state index contributed by atoms with van der Waals surface area (Å²) in [6.07, 6.45) is 3.75. The molecular weight excluding hydrogens is 304 g/mol. The van der Waals surface area contributed by atoms with Gasteiger partial charge in [-0.25, -0.2) is 9.97 Å². The molecule has 2 N–H and O–H groups in total. The molecule has 2 aromatic heterocycles. The Kier molecular flexibility index (Phi) is 3.75. The van der Waals surface area contributed by atoms with Crippen LogP contribution in [-0.4, -0.2) is 29.1 Å². The van der Waals surface area contributed by atoms with Gasteiger partial charge in [-0.3, -0.25) is 0 Å². The van der Waals surface area contributed by atoms with Gasteiger partial charge in [-0.05, 0) is 30.9 Å². The van der Waals surface area contributed by atoms with Gasteiger partial charge in [0.1, 0.15) is 17.0 Å². The second kappa shape index (κ2) is 5.91. The maximum Gasteiger partial charge on any atom is 0.141 e. The molecule has 0 aliphatic carbocycles. The third-order valence-corrected chi connectivity index (χ3v) is 5.83. The lowest BCUT2D eigenvalue weighted by atomic mass is 10.0. The third-order valence-electron chi connectivity index (χ3n) is 4.58. The van der Waals surface area contributed by atoms with Gasteiger partial charge in [0.15, 0.2) is 0 Å². The zero-order valence-corrected chi connectivity index (χ0v) is 14.0. The van der Waals surface area contributed by atoms with E-state index in [0.717, 1.165) is 36.6 Å². The van der Waals surface area contributed by atoms with E-state index in [1.807, 2.05) is 6.07 Å². The van der Waals surface area contributed by atoms with Crippen LogP contribution in [0.15, 0.2) is 36.7 Å². The predicted octanol–water partition coefficient (Wildman–Crippen LogP) is 3.59. The Morgan fingerprint density at radius 1 is 1.13 bits per heavy atom. The Morgan fingerprint density at radius 3 is 2.61 bits per heavy atom. The van der Waals surface area contributed by atoms with E-state index >= 15 is 0 Å². The van der Waals surface area contributed by atoms with Crippen LogP contribution in [0.4, 0.5) is 5.82 Å². The van der Waals surface area contributed by atoms with E-state index in [9.17, 15) is 0 Å². The molecule has 1 saturated heterocycles. The topological polar surface area (TPSA) is 55.0 Å². The van der Waals surface area contributed by atoms with Crippen molar-refractivity contribution in [3.05, 3.63) is 42.2 Å². The number of aromatic nitrogens is 2. The van der Waals surface area contributed by atoms with E-state index in [-0.39, 0.29) is 0 Å². The lowest BCUT2D eigenvalue weighted by Gasteiger charge is -2.31. The first-order chi connectivity index (χ1) is 11.2. The SMILES string of the molecule is Cc1c(-c2ccccc2)sc2ncnc(N3CCC(N)CC3)c12. The van der Waals surface area contributed by atoms with Gasteiger partial charge < -0.3 is 10.6 Å². The molecule has 0 atom stereocenters. The molecule has 4 rings (SSSR count). The zero-order chi connectivity index (χ0) is 15.8. The number of fused-ring (bicyclic) bond motifs is 1. The van der Waals surface area contributed by atoms with E-state index < -0.39 is 0 Å². The number of nitrogens with zero attached hydrogens (tertiary/aromatic N) is 3. The highest BCUT2D eigenvalue weighted by Crippen LogP contribution is 2.40. The second-order valence-electron chi connectivity index (χ2n) is 6.12. The fourth-order valence-electron chi connectivity index (χ4n) is 3.27. The zero-order valence-electron chi connectivity index (χ0n) is 13.2.